The van der Waals surface area contributed by atoms with Crippen molar-refractivity contribution in [3.63, 3.8) is 0 Å². The molecule has 2 aromatic rings. The number of hydrogen-bond donors (Lipinski definition) is 1. The third-order valence-corrected chi connectivity index (χ3v) is 4.74. The normalized spacial score (nSPS) is 13.2. The van der Waals surface area contributed by atoms with Gasteiger partial charge in [-0.25, -0.2) is 0 Å². The van der Waals surface area contributed by atoms with Crippen molar-refractivity contribution in [1.82, 2.24) is 4.90 Å². The SMILES string of the molecule is CCOc1cc2c(cc1OCC)CN(C(=O)c1c(C)coc1CC(=O)O)CC2. The summed E-state index contributed by atoms with van der Waals surface area (Å²) in [5.41, 5.74) is 3.13. The third-order valence-electron chi connectivity index (χ3n) is 4.74. The van der Waals surface area contributed by atoms with Crippen LogP contribution in [-0.4, -0.2) is 41.6 Å². The molecule has 1 amide bonds. The summed E-state index contributed by atoms with van der Waals surface area (Å²) in [6.07, 6.45) is 1.81. The maximum absolute atomic E-state index is 13.1. The van der Waals surface area contributed by atoms with Gasteiger partial charge in [-0.3, -0.25) is 9.59 Å². The fraction of sp³-hybridized carbons (Fsp3) is 0.429. The summed E-state index contributed by atoms with van der Waals surface area (Å²) in [6.45, 7) is 7.64. The standard InChI is InChI=1S/C21H25NO6/c1-4-26-16-8-14-6-7-22(11-15(14)9-17(16)27-5-2)21(25)20-13(3)12-28-18(20)10-19(23)24/h8-9,12H,4-7,10-11H2,1-3H3,(H,23,24). The lowest BCUT2D eigenvalue weighted by Gasteiger charge is -2.30. The molecular formula is C21H25NO6. The number of furan rings is 1. The molecule has 150 valence electrons. The number of fused-ring (bicyclic) bond motifs is 1. The van der Waals surface area contributed by atoms with Gasteiger partial charge in [-0.05, 0) is 50.5 Å². The lowest BCUT2D eigenvalue weighted by Crippen LogP contribution is -2.36. The Morgan fingerprint density at radius 1 is 1.14 bits per heavy atom. The van der Waals surface area contributed by atoms with Crippen molar-refractivity contribution >= 4 is 11.9 Å². The molecule has 0 bridgehead atoms. The Balaban J connectivity index is 1.87. The molecule has 1 N–H and O–H groups in total. The van der Waals surface area contributed by atoms with E-state index >= 15 is 0 Å². The zero-order chi connectivity index (χ0) is 20.3. The molecule has 0 saturated carbocycles. The summed E-state index contributed by atoms with van der Waals surface area (Å²) in [6, 6.07) is 3.92. The van der Waals surface area contributed by atoms with Crippen molar-refractivity contribution in [1.29, 1.82) is 0 Å². The van der Waals surface area contributed by atoms with E-state index in [1.807, 2.05) is 26.0 Å². The zero-order valence-corrected chi connectivity index (χ0v) is 16.4. The molecule has 0 aliphatic carbocycles. The summed E-state index contributed by atoms with van der Waals surface area (Å²) in [4.78, 5) is 25.9. The van der Waals surface area contributed by atoms with Crippen molar-refractivity contribution in [3.05, 3.63) is 46.4 Å². The van der Waals surface area contributed by atoms with Crippen molar-refractivity contribution in [3.8, 4) is 11.5 Å². The summed E-state index contributed by atoms with van der Waals surface area (Å²) < 4.78 is 16.7. The van der Waals surface area contributed by atoms with Crippen LogP contribution >= 0.6 is 0 Å². The van der Waals surface area contributed by atoms with Gasteiger partial charge in [-0.2, -0.15) is 0 Å². The first-order valence-corrected chi connectivity index (χ1v) is 9.44. The summed E-state index contributed by atoms with van der Waals surface area (Å²) >= 11 is 0. The molecule has 3 rings (SSSR count). The van der Waals surface area contributed by atoms with Gasteiger partial charge in [-0.15, -0.1) is 0 Å². The van der Waals surface area contributed by atoms with Crippen LogP contribution in [0.25, 0.3) is 0 Å². The molecule has 0 fully saturated rings. The molecule has 2 heterocycles. The molecule has 1 aliphatic rings. The first kappa shape index (κ1) is 19.8. The quantitative estimate of drug-likeness (QED) is 0.785. The fourth-order valence-electron chi connectivity index (χ4n) is 3.48. The Morgan fingerprint density at radius 3 is 2.39 bits per heavy atom. The van der Waals surface area contributed by atoms with Crippen molar-refractivity contribution in [2.75, 3.05) is 19.8 Å². The lowest BCUT2D eigenvalue weighted by molar-refractivity contribution is -0.136. The van der Waals surface area contributed by atoms with E-state index in [2.05, 4.69) is 0 Å². The second-order valence-electron chi connectivity index (χ2n) is 6.70. The largest absolute Gasteiger partial charge is 0.490 e. The van der Waals surface area contributed by atoms with E-state index in [4.69, 9.17) is 19.0 Å². The zero-order valence-electron chi connectivity index (χ0n) is 16.4. The number of aryl methyl sites for hydroxylation is 1. The summed E-state index contributed by atoms with van der Waals surface area (Å²) in [5, 5.41) is 9.06. The monoisotopic (exact) mass is 387 g/mol. The minimum absolute atomic E-state index is 0.197. The van der Waals surface area contributed by atoms with E-state index < -0.39 is 5.97 Å². The maximum Gasteiger partial charge on any atom is 0.311 e. The van der Waals surface area contributed by atoms with Crippen LogP contribution in [0.5, 0.6) is 11.5 Å². The van der Waals surface area contributed by atoms with Crippen molar-refractivity contribution in [2.45, 2.75) is 40.2 Å². The number of nitrogens with zero attached hydrogens (tertiary/aromatic N) is 1. The second-order valence-corrected chi connectivity index (χ2v) is 6.70. The van der Waals surface area contributed by atoms with Crippen LogP contribution in [-0.2, 0) is 24.2 Å². The number of hydrogen-bond acceptors (Lipinski definition) is 5. The van der Waals surface area contributed by atoms with E-state index in [9.17, 15) is 9.59 Å². The number of rotatable bonds is 7. The Bertz CT molecular complexity index is 885. The molecule has 1 aromatic heterocycles. The molecule has 28 heavy (non-hydrogen) atoms. The lowest BCUT2D eigenvalue weighted by atomic mass is 9.97. The molecule has 1 aromatic carbocycles. The fourth-order valence-corrected chi connectivity index (χ4v) is 3.48. The van der Waals surface area contributed by atoms with Crippen LogP contribution in [0.15, 0.2) is 22.8 Å². The van der Waals surface area contributed by atoms with Gasteiger partial charge in [-0.1, -0.05) is 0 Å². The highest BCUT2D eigenvalue weighted by atomic mass is 16.5. The molecule has 0 spiro atoms. The van der Waals surface area contributed by atoms with E-state index in [1.54, 1.807) is 11.8 Å². The van der Waals surface area contributed by atoms with E-state index in [1.165, 1.54) is 6.26 Å². The predicted octanol–water partition coefficient (Wildman–Crippen LogP) is 3.21. The molecule has 0 atom stereocenters. The van der Waals surface area contributed by atoms with Crippen LogP contribution in [0.3, 0.4) is 0 Å². The average Bonchev–Trinajstić information content (AvgIpc) is 3.01. The minimum Gasteiger partial charge on any atom is -0.490 e. The van der Waals surface area contributed by atoms with Gasteiger partial charge in [0, 0.05) is 18.7 Å². The van der Waals surface area contributed by atoms with Crippen molar-refractivity contribution in [2.24, 2.45) is 0 Å². The third kappa shape index (κ3) is 3.98. The molecule has 7 heteroatoms. The van der Waals surface area contributed by atoms with E-state index in [0.29, 0.717) is 49.6 Å². The highest BCUT2D eigenvalue weighted by molar-refractivity contribution is 5.97. The van der Waals surface area contributed by atoms with Gasteiger partial charge < -0.3 is 23.9 Å². The van der Waals surface area contributed by atoms with Gasteiger partial charge in [0.15, 0.2) is 11.5 Å². The topological polar surface area (TPSA) is 89.2 Å². The Kier molecular flexibility index (Phi) is 5.92. The molecular weight excluding hydrogens is 362 g/mol. The average molecular weight is 387 g/mol. The van der Waals surface area contributed by atoms with Gasteiger partial charge in [0.1, 0.15) is 12.2 Å². The molecule has 0 saturated heterocycles. The summed E-state index contributed by atoms with van der Waals surface area (Å²) in [7, 11) is 0. The van der Waals surface area contributed by atoms with Crippen LogP contribution in [0.1, 0.15) is 46.7 Å². The van der Waals surface area contributed by atoms with E-state index in [0.717, 1.165) is 16.9 Å². The molecule has 0 radical (unpaired) electrons. The molecule has 1 aliphatic heterocycles. The first-order valence-electron chi connectivity index (χ1n) is 9.44. The second kappa shape index (κ2) is 8.37. The van der Waals surface area contributed by atoms with Crippen LogP contribution in [0.4, 0.5) is 0 Å². The van der Waals surface area contributed by atoms with Gasteiger partial charge in [0.25, 0.3) is 5.91 Å². The van der Waals surface area contributed by atoms with Crippen LogP contribution < -0.4 is 9.47 Å². The van der Waals surface area contributed by atoms with Crippen LogP contribution in [0.2, 0.25) is 0 Å². The number of ether oxygens (including phenoxy) is 2. The molecule has 7 nitrogen and oxygen atoms in total. The first-order chi connectivity index (χ1) is 13.4. The molecule has 0 unspecified atom stereocenters. The highest BCUT2D eigenvalue weighted by Crippen LogP contribution is 2.34. The minimum atomic E-state index is -1.03. The highest BCUT2D eigenvalue weighted by Gasteiger charge is 2.28. The van der Waals surface area contributed by atoms with Crippen molar-refractivity contribution < 1.29 is 28.6 Å². The Morgan fingerprint density at radius 2 is 1.79 bits per heavy atom. The predicted molar refractivity (Wildman–Crippen MR) is 102 cm³/mol. The van der Waals surface area contributed by atoms with Gasteiger partial charge in [0.2, 0.25) is 0 Å². The Hall–Kier alpha value is -2.96. The maximum atomic E-state index is 13.1. The number of benzene rings is 1. The van der Waals surface area contributed by atoms with Gasteiger partial charge >= 0.3 is 5.97 Å². The van der Waals surface area contributed by atoms with Gasteiger partial charge in [0.05, 0.1) is 25.0 Å². The number of carbonyl (C=O) groups excluding carboxylic acids is 1. The number of carboxylic acids is 1. The number of aliphatic carboxylic acids is 1. The summed E-state index contributed by atoms with van der Waals surface area (Å²) in [5.74, 6) is 0.348. The van der Waals surface area contributed by atoms with E-state index in [-0.39, 0.29) is 18.1 Å². The number of carbonyl (C=O) groups is 2. The number of amides is 1. The number of carboxylic acid groups (broad SMARTS) is 1. The van der Waals surface area contributed by atoms with Crippen LogP contribution in [0, 0.1) is 6.92 Å². The smallest absolute Gasteiger partial charge is 0.311 e. The Labute approximate surface area is 163 Å².